The molecule has 20 heavy (non-hydrogen) atoms. The second-order valence-corrected chi connectivity index (χ2v) is 4.25. The zero-order chi connectivity index (χ0) is 15.0. The molecule has 1 N–H and O–H groups in total. The standard InChI is InChI=1S/C14H19NO5/c1-15(9-5-8-14(17)18)13(16)10-20-12-7-4-3-6-11(12)19-2/h3-4,6-7H,5,8-10H2,1-2H3,(H,17,18). The molecule has 0 saturated carbocycles. The van der Waals surface area contributed by atoms with Gasteiger partial charge in [0.1, 0.15) is 0 Å². The van der Waals surface area contributed by atoms with Crippen molar-refractivity contribution >= 4 is 11.9 Å². The van der Waals surface area contributed by atoms with Crippen LogP contribution in [0.4, 0.5) is 0 Å². The Bertz CT molecular complexity index is 461. The number of carboxylic acids is 1. The number of rotatable bonds is 8. The molecule has 1 aromatic carbocycles. The number of likely N-dealkylation sites (N-methyl/N-ethyl adjacent to an activating group) is 1. The number of carbonyl (C=O) groups is 2. The van der Waals surface area contributed by atoms with E-state index in [1.165, 1.54) is 12.0 Å². The third-order valence-electron chi connectivity index (χ3n) is 2.73. The van der Waals surface area contributed by atoms with Crippen LogP contribution in [-0.2, 0) is 9.59 Å². The Morgan fingerprint density at radius 2 is 1.90 bits per heavy atom. The molecule has 0 aliphatic carbocycles. The molecule has 0 saturated heterocycles. The average Bonchev–Trinajstić information content (AvgIpc) is 2.44. The number of carbonyl (C=O) groups excluding carboxylic acids is 1. The van der Waals surface area contributed by atoms with E-state index in [0.717, 1.165) is 0 Å². The summed E-state index contributed by atoms with van der Waals surface area (Å²) in [6.45, 7) is 0.282. The topological polar surface area (TPSA) is 76.1 Å². The molecule has 6 nitrogen and oxygen atoms in total. The first-order valence-electron chi connectivity index (χ1n) is 6.26. The lowest BCUT2D eigenvalue weighted by atomic mass is 10.3. The third kappa shape index (κ3) is 5.17. The number of hydrogen-bond donors (Lipinski definition) is 1. The highest BCUT2D eigenvalue weighted by Crippen LogP contribution is 2.25. The molecule has 0 fully saturated rings. The summed E-state index contributed by atoms with van der Waals surface area (Å²) < 4.78 is 10.5. The number of para-hydroxylation sites is 2. The van der Waals surface area contributed by atoms with Crippen LogP contribution in [0.15, 0.2) is 24.3 Å². The van der Waals surface area contributed by atoms with Crippen LogP contribution in [0.25, 0.3) is 0 Å². The minimum atomic E-state index is -0.865. The molecule has 0 bridgehead atoms. The van der Waals surface area contributed by atoms with E-state index >= 15 is 0 Å². The Morgan fingerprint density at radius 1 is 1.25 bits per heavy atom. The number of methoxy groups -OCH3 is 1. The molecule has 0 atom stereocenters. The lowest BCUT2D eigenvalue weighted by Crippen LogP contribution is -2.32. The van der Waals surface area contributed by atoms with Crippen molar-refractivity contribution in [2.24, 2.45) is 0 Å². The second-order valence-electron chi connectivity index (χ2n) is 4.25. The Labute approximate surface area is 117 Å². The van der Waals surface area contributed by atoms with Gasteiger partial charge in [-0.25, -0.2) is 0 Å². The van der Waals surface area contributed by atoms with E-state index in [1.807, 2.05) is 6.07 Å². The molecule has 0 spiro atoms. The number of aliphatic carboxylic acids is 1. The van der Waals surface area contributed by atoms with Crippen molar-refractivity contribution in [2.75, 3.05) is 27.3 Å². The molecule has 1 amide bonds. The van der Waals surface area contributed by atoms with E-state index in [2.05, 4.69) is 0 Å². The summed E-state index contributed by atoms with van der Waals surface area (Å²) in [4.78, 5) is 23.7. The van der Waals surface area contributed by atoms with Gasteiger partial charge in [0.25, 0.3) is 5.91 Å². The van der Waals surface area contributed by atoms with Gasteiger partial charge in [0.2, 0.25) is 0 Å². The Kier molecular flexibility index (Phi) is 6.36. The van der Waals surface area contributed by atoms with Crippen molar-refractivity contribution in [3.63, 3.8) is 0 Å². The number of hydrogen-bond acceptors (Lipinski definition) is 4. The molecule has 0 heterocycles. The predicted molar refractivity (Wildman–Crippen MR) is 73.0 cm³/mol. The van der Waals surface area contributed by atoms with Gasteiger partial charge < -0.3 is 19.5 Å². The first-order valence-corrected chi connectivity index (χ1v) is 6.26. The Hall–Kier alpha value is -2.24. The number of carboxylic acid groups (broad SMARTS) is 1. The summed E-state index contributed by atoms with van der Waals surface area (Å²) in [7, 11) is 3.15. The van der Waals surface area contributed by atoms with Crippen LogP contribution in [0.3, 0.4) is 0 Å². The van der Waals surface area contributed by atoms with Crippen molar-refractivity contribution in [1.29, 1.82) is 0 Å². The van der Waals surface area contributed by atoms with E-state index < -0.39 is 5.97 Å². The largest absolute Gasteiger partial charge is 0.493 e. The fourth-order valence-electron chi connectivity index (χ4n) is 1.58. The van der Waals surface area contributed by atoms with Crippen molar-refractivity contribution in [3.8, 4) is 11.5 Å². The van der Waals surface area contributed by atoms with Crippen LogP contribution >= 0.6 is 0 Å². The lowest BCUT2D eigenvalue weighted by Gasteiger charge is -2.17. The lowest BCUT2D eigenvalue weighted by molar-refractivity contribution is -0.138. The highest BCUT2D eigenvalue weighted by Gasteiger charge is 2.11. The predicted octanol–water partition coefficient (Wildman–Crippen LogP) is 1.40. The maximum absolute atomic E-state index is 11.8. The second kappa shape index (κ2) is 8.04. The molecule has 0 aromatic heterocycles. The minimum absolute atomic E-state index is 0.0466. The van der Waals surface area contributed by atoms with Gasteiger partial charge in [-0.3, -0.25) is 9.59 Å². The zero-order valence-corrected chi connectivity index (χ0v) is 11.7. The molecule has 110 valence electrons. The molecule has 0 aliphatic heterocycles. The Balaban J connectivity index is 2.40. The fourth-order valence-corrected chi connectivity index (χ4v) is 1.58. The van der Waals surface area contributed by atoms with Crippen LogP contribution < -0.4 is 9.47 Å². The monoisotopic (exact) mass is 281 g/mol. The van der Waals surface area contributed by atoms with Gasteiger partial charge in [-0.15, -0.1) is 0 Å². The van der Waals surface area contributed by atoms with Crippen LogP contribution in [0.5, 0.6) is 11.5 Å². The van der Waals surface area contributed by atoms with E-state index in [-0.39, 0.29) is 18.9 Å². The number of ether oxygens (including phenoxy) is 2. The van der Waals surface area contributed by atoms with Crippen molar-refractivity contribution in [2.45, 2.75) is 12.8 Å². The normalized spacial score (nSPS) is 9.90. The highest BCUT2D eigenvalue weighted by atomic mass is 16.5. The average molecular weight is 281 g/mol. The van der Waals surface area contributed by atoms with Crippen LogP contribution in [0.1, 0.15) is 12.8 Å². The van der Waals surface area contributed by atoms with Gasteiger partial charge in [0.05, 0.1) is 7.11 Å². The van der Waals surface area contributed by atoms with Crippen LogP contribution in [0, 0.1) is 0 Å². The third-order valence-corrected chi connectivity index (χ3v) is 2.73. The van der Waals surface area contributed by atoms with Gasteiger partial charge >= 0.3 is 5.97 Å². The summed E-state index contributed by atoms with van der Waals surface area (Å²) in [6, 6.07) is 7.07. The molecule has 0 radical (unpaired) electrons. The minimum Gasteiger partial charge on any atom is -0.493 e. The molecular formula is C14H19NO5. The smallest absolute Gasteiger partial charge is 0.303 e. The van der Waals surface area contributed by atoms with Gasteiger partial charge in [0.15, 0.2) is 18.1 Å². The molecular weight excluding hydrogens is 262 g/mol. The molecule has 0 unspecified atom stereocenters. The van der Waals surface area contributed by atoms with E-state index in [4.69, 9.17) is 14.6 Å². The van der Waals surface area contributed by atoms with E-state index in [0.29, 0.717) is 24.5 Å². The molecule has 1 aromatic rings. The first-order chi connectivity index (χ1) is 9.54. The van der Waals surface area contributed by atoms with Crippen molar-refractivity contribution in [3.05, 3.63) is 24.3 Å². The summed E-state index contributed by atoms with van der Waals surface area (Å²) in [6.07, 6.45) is 0.469. The number of benzene rings is 1. The van der Waals surface area contributed by atoms with Crippen LogP contribution in [-0.4, -0.2) is 49.2 Å². The van der Waals surface area contributed by atoms with Gasteiger partial charge in [-0.1, -0.05) is 12.1 Å². The quantitative estimate of drug-likeness (QED) is 0.779. The SMILES string of the molecule is COc1ccccc1OCC(=O)N(C)CCCC(=O)O. The van der Waals surface area contributed by atoms with Crippen molar-refractivity contribution in [1.82, 2.24) is 4.90 Å². The summed E-state index contributed by atoms with van der Waals surface area (Å²) in [5.41, 5.74) is 0. The summed E-state index contributed by atoms with van der Waals surface area (Å²) in [5.74, 6) is -0.00599. The summed E-state index contributed by atoms with van der Waals surface area (Å²) in [5, 5.41) is 8.53. The molecule has 6 heteroatoms. The molecule has 1 rings (SSSR count). The maximum atomic E-state index is 11.8. The first kappa shape index (κ1) is 15.8. The van der Waals surface area contributed by atoms with Gasteiger partial charge in [0, 0.05) is 20.0 Å². The van der Waals surface area contributed by atoms with Crippen molar-refractivity contribution < 1.29 is 24.2 Å². The number of nitrogens with zero attached hydrogens (tertiary/aromatic N) is 1. The Morgan fingerprint density at radius 3 is 2.50 bits per heavy atom. The van der Waals surface area contributed by atoms with Crippen LogP contribution in [0.2, 0.25) is 0 Å². The van der Waals surface area contributed by atoms with E-state index in [1.54, 1.807) is 25.2 Å². The summed E-state index contributed by atoms with van der Waals surface area (Å²) >= 11 is 0. The van der Waals surface area contributed by atoms with E-state index in [9.17, 15) is 9.59 Å². The van der Waals surface area contributed by atoms with Gasteiger partial charge in [-0.05, 0) is 18.6 Å². The fraction of sp³-hybridized carbons (Fsp3) is 0.429. The zero-order valence-electron chi connectivity index (χ0n) is 11.7. The number of amides is 1. The van der Waals surface area contributed by atoms with Gasteiger partial charge in [-0.2, -0.15) is 0 Å². The molecule has 0 aliphatic rings. The highest BCUT2D eigenvalue weighted by molar-refractivity contribution is 5.77. The maximum Gasteiger partial charge on any atom is 0.303 e.